The lowest BCUT2D eigenvalue weighted by Crippen LogP contribution is -2.28. The summed E-state index contributed by atoms with van der Waals surface area (Å²) in [6.07, 6.45) is 6.89. The Morgan fingerprint density at radius 3 is 3.00 bits per heavy atom. The monoisotopic (exact) mass is 338 g/mol. The summed E-state index contributed by atoms with van der Waals surface area (Å²) in [5.74, 6) is 1.21. The minimum Gasteiger partial charge on any atom is -0.497 e. The number of rotatable bonds is 5. The van der Waals surface area contributed by atoms with E-state index in [0.29, 0.717) is 5.92 Å². The maximum absolute atomic E-state index is 10.5. The van der Waals surface area contributed by atoms with Crippen molar-refractivity contribution in [2.45, 2.75) is 31.5 Å². The topological polar surface area (TPSA) is 72.2 Å². The molecule has 6 nitrogen and oxygen atoms in total. The van der Waals surface area contributed by atoms with Gasteiger partial charge in [-0.15, -0.1) is 0 Å². The number of pyridine rings is 1. The number of hydrogen-bond donors (Lipinski definition) is 2. The minimum absolute atomic E-state index is 0.0354. The maximum atomic E-state index is 10.5. The van der Waals surface area contributed by atoms with Gasteiger partial charge >= 0.3 is 0 Å². The molecule has 1 saturated carbocycles. The number of hydrogen-bond acceptors (Lipinski definition) is 5. The van der Waals surface area contributed by atoms with Crippen LogP contribution in [-0.4, -0.2) is 39.1 Å². The summed E-state index contributed by atoms with van der Waals surface area (Å²) in [6.45, 7) is 0.844. The summed E-state index contributed by atoms with van der Waals surface area (Å²) in [7, 11) is 1.65. The number of aromatic nitrogens is 3. The maximum Gasteiger partial charge on any atom is 0.121 e. The average Bonchev–Trinajstić information content (AvgIpc) is 3.25. The van der Waals surface area contributed by atoms with Crippen molar-refractivity contribution in [3.05, 3.63) is 48.9 Å². The van der Waals surface area contributed by atoms with E-state index in [1.54, 1.807) is 19.5 Å². The second-order valence-corrected chi connectivity index (χ2v) is 6.63. The Bertz CT molecular complexity index is 850. The third-order valence-corrected chi connectivity index (χ3v) is 4.92. The highest BCUT2D eigenvalue weighted by Gasteiger charge is 2.33. The van der Waals surface area contributed by atoms with Gasteiger partial charge in [0.05, 0.1) is 24.8 Å². The molecule has 3 aromatic rings. The summed E-state index contributed by atoms with van der Waals surface area (Å²) < 4.78 is 7.21. The third kappa shape index (κ3) is 3.30. The Kier molecular flexibility index (Phi) is 4.28. The van der Waals surface area contributed by atoms with E-state index >= 15 is 0 Å². The Hall–Kier alpha value is -2.60. The quantitative estimate of drug-likeness (QED) is 0.748. The fourth-order valence-electron chi connectivity index (χ4n) is 3.68. The molecule has 2 aromatic heterocycles. The first kappa shape index (κ1) is 15.9. The fourth-order valence-corrected chi connectivity index (χ4v) is 3.68. The summed E-state index contributed by atoms with van der Waals surface area (Å²) in [5, 5.41) is 19.3. The zero-order valence-corrected chi connectivity index (χ0v) is 14.2. The van der Waals surface area contributed by atoms with Crippen molar-refractivity contribution in [2.75, 3.05) is 12.4 Å². The third-order valence-electron chi connectivity index (χ3n) is 4.92. The van der Waals surface area contributed by atoms with Gasteiger partial charge in [-0.25, -0.2) is 0 Å². The van der Waals surface area contributed by atoms with Crippen LogP contribution in [0.15, 0.2) is 48.9 Å². The number of methoxy groups -OCH3 is 1. The molecule has 1 fully saturated rings. The average molecular weight is 338 g/mol. The summed E-state index contributed by atoms with van der Waals surface area (Å²) in [6, 6.07) is 9.79. The number of ether oxygens (including phenoxy) is 1. The van der Waals surface area contributed by atoms with Crippen LogP contribution in [0.25, 0.3) is 10.9 Å². The zero-order valence-electron chi connectivity index (χ0n) is 14.2. The molecule has 6 heteroatoms. The van der Waals surface area contributed by atoms with Crippen molar-refractivity contribution in [3.63, 3.8) is 0 Å². The molecular formula is C19H22N4O2. The number of aliphatic hydroxyl groups excluding tert-OH is 1. The fraction of sp³-hybridized carbons (Fsp3) is 0.368. The first-order valence-electron chi connectivity index (χ1n) is 8.57. The van der Waals surface area contributed by atoms with E-state index in [1.807, 2.05) is 41.2 Å². The van der Waals surface area contributed by atoms with Crippen LogP contribution >= 0.6 is 0 Å². The van der Waals surface area contributed by atoms with Gasteiger partial charge in [-0.3, -0.25) is 9.67 Å². The van der Waals surface area contributed by atoms with E-state index < -0.39 is 0 Å². The number of fused-ring (bicyclic) bond motifs is 1. The van der Waals surface area contributed by atoms with Gasteiger partial charge in [-0.2, -0.15) is 5.10 Å². The van der Waals surface area contributed by atoms with Gasteiger partial charge in [0.2, 0.25) is 0 Å². The first-order valence-corrected chi connectivity index (χ1v) is 8.57. The molecule has 0 amide bonds. The largest absolute Gasteiger partial charge is 0.497 e. The number of nitrogens with zero attached hydrogens (tertiary/aromatic N) is 3. The first-order chi connectivity index (χ1) is 12.2. The van der Waals surface area contributed by atoms with Gasteiger partial charge < -0.3 is 15.2 Å². The predicted molar refractivity (Wildman–Crippen MR) is 96.7 cm³/mol. The molecule has 0 bridgehead atoms. The lowest BCUT2D eigenvalue weighted by Gasteiger charge is -2.19. The van der Waals surface area contributed by atoms with Crippen molar-refractivity contribution in [1.82, 2.24) is 14.8 Å². The second kappa shape index (κ2) is 6.72. The van der Waals surface area contributed by atoms with Crippen LogP contribution in [0.4, 0.5) is 5.69 Å². The molecule has 1 aromatic carbocycles. The molecule has 3 atom stereocenters. The van der Waals surface area contributed by atoms with Gasteiger partial charge in [0.25, 0.3) is 0 Å². The van der Waals surface area contributed by atoms with Gasteiger partial charge in [0.15, 0.2) is 0 Å². The normalized spacial score (nSPS) is 23.0. The second-order valence-electron chi connectivity index (χ2n) is 6.63. The van der Waals surface area contributed by atoms with Crippen LogP contribution in [0.3, 0.4) is 0 Å². The molecule has 25 heavy (non-hydrogen) atoms. The lowest BCUT2D eigenvalue weighted by molar-refractivity contribution is 0.166. The van der Waals surface area contributed by atoms with E-state index in [9.17, 15) is 5.11 Å². The molecule has 0 saturated heterocycles. The summed E-state index contributed by atoms with van der Waals surface area (Å²) in [4.78, 5) is 4.41. The Morgan fingerprint density at radius 2 is 2.20 bits per heavy atom. The molecule has 0 radical (unpaired) electrons. The van der Waals surface area contributed by atoms with Crippen molar-refractivity contribution in [3.8, 4) is 5.75 Å². The standard InChI is InChI=1S/C19H22N4O2/c1-25-14-3-4-15-16(5-7-20-17(15)11-14)22-18-9-13(10-19(18)24)12-23-8-2-6-21-23/h2-8,11,13,18-19,24H,9-10,12H2,1H3,(H,20,22)/t13?,18-,19-/m1/s1. The number of aliphatic hydroxyl groups is 1. The van der Waals surface area contributed by atoms with Crippen LogP contribution < -0.4 is 10.1 Å². The highest BCUT2D eigenvalue weighted by atomic mass is 16.5. The van der Waals surface area contributed by atoms with Crippen molar-refractivity contribution in [1.29, 1.82) is 0 Å². The van der Waals surface area contributed by atoms with Crippen LogP contribution in [0.2, 0.25) is 0 Å². The number of anilines is 1. The van der Waals surface area contributed by atoms with Gasteiger partial charge in [0, 0.05) is 42.3 Å². The molecule has 2 heterocycles. The van der Waals surface area contributed by atoms with Crippen molar-refractivity contribution < 1.29 is 9.84 Å². The van der Waals surface area contributed by atoms with E-state index in [-0.39, 0.29) is 12.1 Å². The molecule has 2 N–H and O–H groups in total. The number of nitrogens with one attached hydrogen (secondary N) is 1. The molecule has 1 aliphatic rings. The molecule has 0 spiro atoms. The van der Waals surface area contributed by atoms with Gasteiger partial charge in [0.1, 0.15) is 5.75 Å². The van der Waals surface area contributed by atoms with Gasteiger partial charge in [-0.05, 0) is 43.0 Å². The highest BCUT2D eigenvalue weighted by molar-refractivity contribution is 5.92. The summed E-state index contributed by atoms with van der Waals surface area (Å²) in [5.41, 5.74) is 1.88. The molecule has 130 valence electrons. The van der Waals surface area contributed by atoms with E-state index in [1.165, 1.54) is 0 Å². The highest BCUT2D eigenvalue weighted by Crippen LogP contribution is 2.32. The molecule has 1 aliphatic carbocycles. The predicted octanol–water partition coefficient (Wildman–Crippen LogP) is 2.69. The van der Waals surface area contributed by atoms with E-state index in [4.69, 9.17) is 4.74 Å². The van der Waals surface area contributed by atoms with Gasteiger partial charge in [-0.1, -0.05) is 0 Å². The van der Waals surface area contributed by atoms with Crippen LogP contribution in [0, 0.1) is 5.92 Å². The lowest BCUT2D eigenvalue weighted by atomic mass is 10.1. The van der Waals surface area contributed by atoms with Crippen LogP contribution in [-0.2, 0) is 6.54 Å². The van der Waals surface area contributed by atoms with Crippen molar-refractivity contribution in [2.24, 2.45) is 5.92 Å². The Labute approximate surface area is 146 Å². The molecule has 4 rings (SSSR count). The van der Waals surface area contributed by atoms with Crippen LogP contribution in [0.5, 0.6) is 5.75 Å². The number of benzene rings is 1. The minimum atomic E-state index is -0.359. The SMILES string of the molecule is COc1ccc2c(N[C@@H]3CC(Cn4cccn4)C[C@H]3O)ccnc2c1. The van der Waals surface area contributed by atoms with Crippen molar-refractivity contribution >= 4 is 16.6 Å². The zero-order chi connectivity index (χ0) is 17.2. The Morgan fingerprint density at radius 1 is 1.28 bits per heavy atom. The Balaban J connectivity index is 1.51. The van der Waals surface area contributed by atoms with Crippen LogP contribution in [0.1, 0.15) is 12.8 Å². The van der Waals surface area contributed by atoms with E-state index in [0.717, 1.165) is 41.7 Å². The molecule has 0 aliphatic heterocycles. The van der Waals surface area contributed by atoms with E-state index in [2.05, 4.69) is 15.4 Å². The molecular weight excluding hydrogens is 316 g/mol. The summed E-state index contributed by atoms with van der Waals surface area (Å²) >= 11 is 0. The smallest absolute Gasteiger partial charge is 0.121 e. The molecule has 1 unspecified atom stereocenters.